The molecule has 0 aliphatic carbocycles. The summed E-state index contributed by atoms with van der Waals surface area (Å²) in [6.07, 6.45) is 0. The number of nitrogens with zero attached hydrogens (tertiary/aromatic N) is 3. The Kier molecular flexibility index (Phi) is 2.35. The highest BCUT2D eigenvalue weighted by Gasteiger charge is 2.15. The van der Waals surface area contributed by atoms with Crippen molar-refractivity contribution < 1.29 is 0 Å². The minimum absolute atomic E-state index is 0.642. The molecule has 0 aliphatic rings. The van der Waals surface area contributed by atoms with Gasteiger partial charge in [0, 0.05) is 12.4 Å². The zero-order chi connectivity index (χ0) is 13.7. The van der Waals surface area contributed by atoms with Crippen LogP contribution >= 0.6 is 11.6 Å². The Balaban J connectivity index is 2.06. The Bertz CT molecular complexity index is 936. The van der Waals surface area contributed by atoms with Crippen LogP contribution in [-0.4, -0.2) is 19.7 Å². The first-order valence-electron chi connectivity index (χ1n) is 6.30. The molecule has 0 amide bonds. The zero-order valence-electron chi connectivity index (χ0n) is 10.8. The van der Waals surface area contributed by atoms with Gasteiger partial charge in [-0.3, -0.25) is 5.10 Å². The molecule has 0 radical (unpaired) electrons. The molecule has 0 fully saturated rings. The summed E-state index contributed by atoms with van der Waals surface area (Å²) in [6, 6.07) is 13.8. The predicted octanol–water partition coefficient (Wildman–Crippen LogP) is 3.77. The third-order valence-corrected chi connectivity index (χ3v) is 3.85. The maximum absolute atomic E-state index is 6.17. The number of para-hydroxylation sites is 3. The van der Waals surface area contributed by atoms with Crippen LogP contribution < -0.4 is 0 Å². The van der Waals surface area contributed by atoms with Crippen LogP contribution in [0.15, 0.2) is 42.5 Å². The molecule has 0 bridgehead atoms. The molecule has 0 atom stereocenters. The number of aromatic amines is 1. The van der Waals surface area contributed by atoms with Gasteiger partial charge < -0.3 is 4.57 Å². The molecule has 0 aliphatic heterocycles. The molecule has 98 valence electrons. The van der Waals surface area contributed by atoms with Gasteiger partial charge in [0.2, 0.25) is 0 Å². The highest BCUT2D eigenvalue weighted by Crippen LogP contribution is 2.30. The van der Waals surface area contributed by atoms with E-state index in [1.54, 1.807) is 0 Å². The van der Waals surface area contributed by atoms with Crippen LogP contribution in [0, 0.1) is 0 Å². The van der Waals surface area contributed by atoms with Gasteiger partial charge in [-0.1, -0.05) is 35.9 Å². The highest BCUT2D eigenvalue weighted by atomic mass is 35.5. The van der Waals surface area contributed by atoms with E-state index in [0.717, 1.165) is 33.5 Å². The van der Waals surface area contributed by atoms with Crippen LogP contribution in [0.25, 0.3) is 33.5 Å². The molecule has 5 heteroatoms. The fourth-order valence-corrected chi connectivity index (χ4v) is 2.76. The smallest absolute Gasteiger partial charge is 0.159 e. The van der Waals surface area contributed by atoms with E-state index in [0.29, 0.717) is 5.02 Å². The van der Waals surface area contributed by atoms with E-state index in [1.807, 2.05) is 43.4 Å². The van der Waals surface area contributed by atoms with Gasteiger partial charge in [0.15, 0.2) is 5.82 Å². The van der Waals surface area contributed by atoms with Gasteiger partial charge in [0.1, 0.15) is 11.2 Å². The van der Waals surface area contributed by atoms with Crippen LogP contribution in [0.4, 0.5) is 0 Å². The third-order valence-electron chi connectivity index (χ3n) is 3.55. The average Bonchev–Trinajstić information content (AvgIpc) is 3.02. The molecule has 2 aromatic carbocycles. The van der Waals surface area contributed by atoms with Crippen LogP contribution in [-0.2, 0) is 7.05 Å². The first-order valence-corrected chi connectivity index (χ1v) is 6.68. The molecule has 2 aromatic heterocycles. The minimum atomic E-state index is 0.642. The summed E-state index contributed by atoms with van der Waals surface area (Å²) in [7, 11) is 2.00. The highest BCUT2D eigenvalue weighted by molar-refractivity contribution is 6.35. The standard InChI is InChI=1S/C15H11ClN4/c1-20-12-8-3-2-7-11(12)17-15(20)14-9-5-4-6-10(16)13(9)18-19-14/h2-8H,1H3,(H,18,19). The summed E-state index contributed by atoms with van der Waals surface area (Å²) < 4.78 is 2.06. The van der Waals surface area contributed by atoms with Gasteiger partial charge in [-0.2, -0.15) is 5.10 Å². The number of halogens is 1. The fourth-order valence-electron chi connectivity index (χ4n) is 2.54. The first-order chi connectivity index (χ1) is 9.75. The van der Waals surface area contributed by atoms with Gasteiger partial charge in [0.25, 0.3) is 0 Å². The molecular weight excluding hydrogens is 272 g/mol. The Morgan fingerprint density at radius 3 is 2.80 bits per heavy atom. The van der Waals surface area contributed by atoms with Crippen LogP contribution in [0.5, 0.6) is 0 Å². The second kappa shape index (κ2) is 4.08. The molecule has 4 nitrogen and oxygen atoms in total. The van der Waals surface area contributed by atoms with E-state index < -0.39 is 0 Å². The molecule has 2 heterocycles. The lowest BCUT2D eigenvalue weighted by atomic mass is 10.2. The SMILES string of the molecule is Cn1c(-c2[nH]nc3c(Cl)cccc23)nc2ccccc21. The Morgan fingerprint density at radius 2 is 1.95 bits per heavy atom. The van der Waals surface area contributed by atoms with Crippen molar-refractivity contribution in [2.45, 2.75) is 0 Å². The molecular formula is C15H11ClN4. The van der Waals surface area contributed by atoms with E-state index in [-0.39, 0.29) is 0 Å². The van der Waals surface area contributed by atoms with Gasteiger partial charge in [-0.15, -0.1) is 0 Å². The van der Waals surface area contributed by atoms with E-state index in [9.17, 15) is 0 Å². The normalized spacial score (nSPS) is 11.5. The summed E-state index contributed by atoms with van der Waals surface area (Å²) in [4.78, 5) is 4.68. The van der Waals surface area contributed by atoms with Gasteiger partial charge in [-0.25, -0.2) is 4.98 Å². The lowest BCUT2D eigenvalue weighted by Gasteiger charge is -2.00. The number of fused-ring (bicyclic) bond motifs is 2. The van der Waals surface area contributed by atoms with Crippen LogP contribution in [0.2, 0.25) is 5.02 Å². The Morgan fingerprint density at radius 1 is 1.10 bits per heavy atom. The fraction of sp³-hybridized carbons (Fsp3) is 0.0667. The number of nitrogens with one attached hydrogen (secondary N) is 1. The minimum Gasteiger partial charge on any atom is -0.326 e. The van der Waals surface area contributed by atoms with Crippen molar-refractivity contribution in [2.24, 2.45) is 7.05 Å². The van der Waals surface area contributed by atoms with Gasteiger partial charge >= 0.3 is 0 Å². The van der Waals surface area contributed by atoms with E-state index in [2.05, 4.69) is 25.8 Å². The van der Waals surface area contributed by atoms with Crippen LogP contribution in [0.1, 0.15) is 0 Å². The third kappa shape index (κ3) is 1.48. The topological polar surface area (TPSA) is 46.5 Å². The van der Waals surface area contributed by atoms with Crippen LogP contribution in [0.3, 0.4) is 0 Å². The van der Waals surface area contributed by atoms with Crippen molar-refractivity contribution >= 4 is 33.5 Å². The molecule has 4 rings (SSSR count). The largest absolute Gasteiger partial charge is 0.326 e. The number of aryl methyl sites for hydroxylation is 1. The van der Waals surface area contributed by atoms with Crippen molar-refractivity contribution in [3.8, 4) is 11.5 Å². The molecule has 0 saturated carbocycles. The number of imidazole rings is 1. The second-order valence-corrected chi connectivity index (χ2v) is 5.12. The summed E-state index contributed by atoms with van der Waals surface area (Å²) in [5.41, 5.74) is 3.72. The number of hydrogen-bond donors (Lipinski definition) is 1. The zero-order valence-corrected chi connectivity index (χ0v) is 11.5. The molecule has 0 spiro atoms. The first kappa shape index (κ1) is 11.5. The number of benzene rings is 2. The molecule has 0 unspecified atom stereocenters. The molecule has 0 saturated heterocycles. The number of H-pyrrole nitrogens is 1. The number of hydrogen-bond acceptors (Lipinski definition) is 2. The Hall–Kier alpha value is -2.33. The second-order valence-electron chi connectivity index (χ2n) is 4.72. The summed E-state index contributed by atoms with van der Waals surface area (Å²) in [6.45, 7) is 0. The van der Waals surface area contributed by atoms with Crippen molar-refractivity contribution in [1.82, 2.24) is 19.7 Å². The van der Waals surface area contributed by atoms with Gasteiger partial charge in [-0.05, 0) is 18.2 Å². The van der Waals surface area contributed by atoms with Crippen molar-refractivity contribution in [2.75, 3.05) is 0 Å². The van der Waals surface area contributed by atoms with Gasteiger partial charge in [0.05, 0.1) is 16.1 Å². The summed E-state index contributed by atoms with van der Waals surface area (Å²) in [5, 5.41) is 8.98. The summed E-state index contributed by atoms with van der Waals surface area (Å²) in [5.74, 6) is 0.857. The van der Waals surface area contributed by atoms with E-state index in [1.165, 1.54) is 0 Å². The molecule has 4 aromatic rings. The lowest BCUT2D eigenvalue weighted by molar-refractivity contribution is 0.946. The Labute approximate surface area is 120 Å². The maximum atomic E-state index is 6.17. The predicted molar refractivity (Wildman–Crippen MR) is 80.8 cm³/mol. The monoisotopic (exact) mass is 282 g/mol. The average molecular weight is 283 g/mol. The lowest BCUT2D eigenvalue weighted by Crippen LogP contribution is -1.93. The molecule has 20 heavy (non-hydrogen) atoms. The number of aromatic nitrogens is 4. The number of rotatable bonds is 1. The van der Waals surface area contributed by atoms with Crippen molar-refractivity contribution in [3.05, 3.63) is 47.5 Å². The van der Waals surface area contributed by atoms with E-state index in [4.69, 9.17) is 11.6 Å². The molecule has 1 N–H and O–H groups in total. The van der Waals surface area contributed by atoms with Crippen molar-refractivity contribution in [3.63, 3.8) is 0 Å². The quantitative estimate of drug-likeness (QED) is 0.578. The maximum Gasteiger partial charge on any atom is 0.159 e. The summed E-state index contributed by atoms with van der Waals surface area (Å²) >= 11 is 6.17. The van der Waals surface area contributed by atoms with Crippen molar-refractivity contribution in [1.29, 1.82) is 0 Å². The van der Waals surface area contributed by atoms with E-state index >= 15 is 0 Å².